The van der Waals surface area contributed by atoms with Crippen molar-refractivity contribution in [3.05, 3.63) is 102 Å². The molecular weight excluding hydrogens is 444 g/mol. The molecule has 3 N–H and O–H groups in total. The van der Waals surface area contributed by atoms with E-state index in [1.807, 2.05) is 67.6 Å². The molecule has 8 heteroatoms. The van der Waals surface area contributed by atoms with Crippen molar-refractivity contribution in [1.82, 2.24) is 15.5 Å². The maximum Gasteiger partial charge on any atom is 0.325 e. The van der Waals surface area contributed by atoms with E-state index in [1.54, 1.807) is 24.3 Å². The number of nitrogens with one attached hydrogen (secondary N) is 3. The van der Waals surface area contributed by atoms with Crippen LogP contribution in [-0.4, -0.2) is 41.2 Å². The van der Waals surface area contributed by atoms with Crippen LogP contribution in [0.1, 0.15) is 34.5 Å². The number of carbonyl (C=O) groups is 4. The Hall–Kier alpha value is -4.46. The van der Waals surface area contributed by atoms with E-state index in [4.69, 9.17) is 0 Å². The van der Waals surface area contributed by atoms with Crippen LogP contribution in [-0.2, 0) is 16.0 Å². The normalized spacial score (nSPS) is 15.9. The van der Waals surface area contributed by atoms with Crippen molar-refractivity contribution in [1.29, 1.82) is 0 Å². The zero-order valence-electron chi connectivity index (χ0n) is 19.2. The second kappa shape index (κ2) is 10.6. The van der Waals surface area contributed by atoms with Gasteiger partial charge in [-0.05, 0) is 30.2 Å². The fourth-order valence-corrected chi connectivity index (χ4v) is 3.94. The lowest BCUT2D eigenvalue weighted by Crippen LogP contribution is -2.39. The van der Waals surface area contributed by atoms with Crippen LogP contribution in [0.2, 0.25) is 0 Å². The number of amides is 5. The molecule has 0 aromatic heterocycles. The van der Waals surface area contributed by atoms with E-state index in [-0.39, 0.29) is 17.5 Å². The first-order chi connectivity index (χ1) is 16.9. The summed E-state index contributed by atoms with van der Waals surface area (Å²) in [5.74, 6) is -1.39. The molecular formula is C27H26N4O4. The Morgan fingerprint density at radius 2 is 1.54 bits per heavy atom. The molecule has 1 aliphatic heterocycles. The third-order valence-electron chi connectivity index (χ3n) is 5.78. The van der Waals surface area contributed by atoms with Crippen LogP contribution >= 0.6 is 0 Å². The van der Waals surface area contributed by atoms with Crippen molar-refractivity contribution in [2.24, 2.45) is 0 Å². The van der Waals surface area contributed by atoms with Gasteiger partial charge in [-0.15, -0.1) is 0 Å². The lowest BCUT2D eigenvalue weighted by molar-refractivity contribution is -0.130. The molecule has 3 aromatic rings. The van der Waals surface area contributed by atoms with Gasteiger partial charge in [-0.3, -0.25) is 19.3 Å². The highest BCUT2D eigenvalue weighted by molar-refractivity contribution is 6.09. The Labute approximate surface area is 203 Å². The fraction of sp³-hybridized carbons (Fsp3) is 0.185. The summed E-state index contributed by atoms with van der Waals surface area (Å²) in [7, 11) is 0. The number of imide groups is 1. The number of rotatable bonds is 8. The molecule has 2 unspecified atom stereocenters. The topological polar surface area (TPSA) is 108 Å². The average Bonchev–Trinajstić information content (AvgIpc) is 3.12. The molecule has 1 aliphatic rings. The molecule has 35 heavy (non-hydrogen) atoms. The molecule has 2 atom stereocenters. The Morgan fingerprint density at radius 3 is 2.26 bits per heavy atom. The third-order valence-corrected chi connectivity index (χ3v) is 5.78. The number of carbonyl (C=O) groups excluding carboxylic acids is 4. The zero-order chi connectivity index (χ0) is 24.8. The molecule has 1 heterocycles. The van der Waals surface area contributed by atoms with Gasteiger partial charge in [0.1, 0.15) is 12.6 Å². The van der Waals surface area contributed by atoms with Gasteiger partial charge < -0.3 is 16.0 Å². The van der Waals surface area contributed by atoms with Crippen LogP contribution in [0.3, 0.4) is 0 Å². The van der Waals surface area contributed by atoms with Crippen LogP contribution in [0, 0.1) is 0 Å². The van der Waals surface area contributed by atoms with Crippen LogP contribution < -0.4 is 16.0 Å². The predicted molar refractivity (Wildman–Crippen MR) is 132 cm³/mol. The van der Waals surface area contributed by atoms with E-state index in [0.717, 1.165) is 16.0 Å². The minimum Gasteiger partial charge on any atom is -0.345 e. The second-order valence-electron chi connectivity index (χ2n) is 8.32. The van der Waals surface area contributed by atoms with Gasteiger partial charge in [-0.1, -0.05) is 72.8 Å². The van der Waals surface area contributed by atoms with E-state index >= 15 is 0 Å². The maximum absolute atomic E-state index is 12.9. The average molecular weight is 471 g/mol. The summed E-state index contributed by atoms with van der Waals surface area (Å²) in [6.45, 7) is 1.42. The highest BCUT2D eigenvalue weighted by atomic mass is 16.2. The number of anilines is 1. The maximum atomic E-state index is 12.9. The second-order valence-corrected chi connectivity index (χ2v) is 8.32. The van der Waals surface area contributed by atoms with E-state index in [0.29, 0.717) is 12.1 Å². The first-order valence-electron chi connectivity index (χ1n) is 11.3. The predicted octanol–water partition coefficient (Wildman–Crippen LogP) is 3.28. The number of para-hydroxylation sites is 1. The molecule has 0 radical (unpaired) electrons. The fourth-order valence-electron chi connectivity index (χ4n) is 3.94. The Kier molecular flexibility index (Phi) is 7.21. The Bertz CT molecular complexity index is 1230. The van der Waals surface area contributed by atoms with E-state index < -0.39 is 30.4 Å². The number of urea groups is 1. The first-order valence-corrected chi connectivity index (χ1v) is 11.3. The molecule has 4 rings (SSSR count). The van der Waals surface area contributed by atoms with Crippen LogP contribution in [0.15, 0.2) is 84.9 Å². The van der Waals surface area contributed by atoms with Crippen LogP contribution in [0.25, 0.3) is 0 Å². The molecule has 1 fully saturated rings. The summed E-state index contributed by atoms with van der Waals surface area (Å²) in [4.78, 5) is 51.6. The Morgan fingerprint density at radius 1 is 0.914 bits per heavy atom. The first kappa shape index (κ1) is 23.7. The van der Waals surface area contributed by atoms with E-state index in [1.165, 1.54) is 0 Å². The van der Waals surface area contributed by atoms with Gasteiger partial charge in [0.15, 0.2) is 0 Å². The summed E-state index contributed by atoms with van der Waals surface area (Å²) >= 11 is 0. The van der Waals surface area contributed by atoms with Crippen molar-refractivity contribution >= 4 is 29.4 Å². The lowest BCUT2D eigenvalue weighted by Gasteiger charge is -2.17. The van der Waals surface area contributed by atoms with Crippen LogP contribution in [0.5, 0.6) is 0 Å². The van der Waals surface area contributed by atoms with Crippen molar-refractivity contribution in [3.63, 3.8) is 0 Å². The van der Waals surface area contributed by atoms with Gasteiger partial charge in [-0.25, -0.2) is 4.79 Å². The minimum absolute atomic E-state index is 0.236. The third kappa shape index (κ3) is 5.73. The number of hydrogen-bond donors (Lipinski definition) is 3. The SMILES string of the molecule is CC(NC(=O)c1ccccc1NC(=O)CN1C(=O)NC(Cc2ccccc2)C1=O)c1ccccc1. The molecule has 3 aromatic carbocycles. The van der Waals surface area contributed by atoms with Crippen molar-refractivity contribution in [3.8, 4) is 0 Å². The molecule has 178 valence electrons. The lowest BCUT2D eigenvalue weighted by atomic mass is 10.1. The van der Waals surface area contributed by atoms with Crippen molar-refractivity contribution in [2.75, 3.05) is 11.9 Å². The standard InChI is InChI=1S/C27H26N4O4/c1-18(20-12-6-3-7-13-20)28-25(33)21-14-8-9-15-22(21)29-24(32)17-31-26(34)23(30-27(31)35)16-19-10-4-2-5-11-19/h2-15,18,23H,16-17H2,1H3,(H,28,33)(H,29,32)(H,30,35). The van der Waals surface area contributed by atoms with E-state index in [2.05, 4.69) is 16.0 Å². The largest absolute Gasteiger partial charge is 0.345 e. The number of hydrogen-bond acceptors (Lipinski definition) is 4. The highest BCUT2D eigenvalue weighted by Gasteiger charge is 2.38. The molecule has 0 saturated carbocycles. The van der Waals surface area contributed by atoms with Gasteiger partial charge in [0.05, 0.1) is 17.3 Å². The van der Waals surface area contributed by atoms with Gasteiger partial charge in [0.25, 0.3) is 11.8 Å². The summed E-state index contributed by atoms with van der Waals surface area (Å²) in [6.07, 6.45) is 0.339. The quantitative estimate of drug-likeness (QED) is 0.439. The summed E-state index contributed by atoms with van der Waals surface area (Å²) in [5, 5.41) is 8.22. The monoisotopic (exact) mass is 470 g/mol. The Balaban J connectivity index is 1.39. The highest BCUT2D eigenvalue weighted by Crippen LogP contribution is 2.19. The van der Waals surface area contributed by atoms with Gasteiger partial charge in [0.2, 0.25) is 5.91 Å². The van der Waals surface area contributed by atoms with Gasteiger partial charge in [-0.2, -0.15) is 0 Å². The van der Waals surface area contributed by atoms with Crippen molar-refractivity contribution in [2.45, 2.75) is 25.4 Å². The molecule has 0 aliphatic carbocycles. The molecule has 5 amide bonds. The molecule has 0 spiro atoms. The number of benzene rings is 3. The zero-order valence-corrected chi connectivity index (χ0v) is 19.2. The summed E-state index contributed by atoms with van der Waals surface area (Å²) in [6, 6.07) is 23.9. The van der Waals surface area contributed by atoms with Gasteiger partial charge >= 0.3 is 6.03 Å². The molecule has 8 nitrogen and oxygen atoms in total. The van der Waals surface area contributed by atoms with Crippen LogP contribution in [0.4, 0.5) is 10.5 Å². The van der Waals surface area contributed by atoms with Gasteiger partial charge in [0, 0.05) is 6.42 Å². The molecule has 1 saturated heterocycles. The minimum atomic E-state index is -0.727. The summed E-state index contributed by atoms with van der Waals surface area (Å²) < 4.78 is 0. The smallest absolute Gasteiger partial charge is 0.325 e. The molecule has 0 bridgehead atoms. The summed E-state index contributed by atoms with van der Waals surface area (Å²) in [5.41, 5.74) is 2.43. The number of nitrogens with zero attached hydrogens (tertiary/aromatic N) is 1. The van der Waals surface area contributed by atoms with E-state index in [9.17, 15) is 19.2 Å². The van der Waals surface area contributed by atoms with Crippen molar-refractivity contribution < 1.29 is 19.2 Å².